The van der Waals surface area contributed by atoms with Crippen LogP contribution in [0.25, 0.3) is 0 Å². The molecule has 74 valence electrons. The number of hydrogen-bond donors (Lipinski definition) is 1. The summed E-state index contributed by atoms with van der Waals surface area (Å²) in [5.74, 6) is 6.14. The highest BCUT2D eigenvalue weighted by molar-refractivity contribution is 5.32. The molecule has 0 aliphatic carbocycles. The zero-order valence-electron chi connectivity index (χ0n) is 8.75. The first-order chi connectivity index (χ1) is 6.67. The predicted molar refractivity (Wildman–Crippen MR) is 58.9 cm³/mol. The Hall–Kier alpha value is -1.26. The van der Waals surface area contributed by atoms with E-state index < -0.39 is 0 Å². The van der Waals surface area contributed by atoms with Crippen molar-refractivity contribution in [1.29, 1.82) is 0 Å². The lowest BCUT2D eigenvalue weighted by atomic mass is 9.85. The van der Waals surface area contributed by atoms with Crippen LogP contribution in [0, 0.1) is 11.8 Å². The minimum Gasteiger partial charge on any atom is -0.395 e. The summed E-state index contributed by atoms with van der Waals surface area (Å²) in [5.41, 5.74) is 1.08. The van der Waals surface area contributed by atoms with Gasteiger partial charge in [0.05, 0.1) is 12.0 Å². The second-order valence-electron chi connectivity index (χ2n) is 3.77. The Kier molecular flexibility index (Phi) is 3.73. The fraction of sp³-hybridized carbons (Fsp3) is 0.385. The van der Waals surface area contributed by atoms with E-state index in [1.165, 1.54) is 5.56 Å². The Morgan fingerprint density at radius 3 is 2.43 bits per heavy atom. The number of benzene rings is 1. The second kappa shape index (κ2) is 4.83. The molecule has 0 unspecified atom stereocenters. The highest BCUT2D eigenvalue weighted by Crippen LogP contribution is 2.21. The van der Waals surface area contributed by atoms with Crippen LogP contribution in [-0.2, 0) is 5.41 Å². The molecule has 0 radical (unpaired) electrons. The average molecular weight is 188 g/mol. The number of hydrogen-bond acceptors (Lipinski definition) is 1. The van der Waals surface area contributed by atoms with Crippen molar-refractivity contribution in [2.24, 2.45) is 0 Å². The molecule has 1 rings (SSSR count). The molecule has 14 heavy (non-hydrogen) atoms. The molecule has 1 nitrogen and oxygen atoms in total. The molecule has 0 amide bonds. The van der Waals surface area contributed by atoms with Crippen LogP contribution in [0.4, 0.5) is 0 Å². The molecule has 0 aliphatic rings. The van der Waals surface area contributed by atoms with Crippen LogP contribution >= 0.6 is 0 Å². The molecule has 1 aromatic rings. The highest BCUT2D eigenvalue weighted by Gasteiger charge is 2.16. The van der Waals surface area contributed by atoms with Gasteiger partial charge >= 0.3 is 0 Å². The normalized spacial score (nSPS) is 10.5. The zero-order chi connectivity index (χ0) is 10.4. The molecule has 0 aliphatic heterocycles. The maximum absolute atomic E-state index is 8.63. The molecule has 0 heterocycles. The van der Waals surface area contributed by atoms with E-state index in [4.69, 9.17) is 5.11 Å². The molecule has 0 spiro atoms. The first-order valence-electron chi connectivity index (χ1n) is 4.83. The van der Waals surface area contributed by atoms with Crippen LogP contribution in [0.15, 0.2) is 30.3 Å². The summed E-state index contributed by atoms with van der Waals surface area (Å²) < 4.78 is 0. The SMILES string of the molecule is CC(C)(C#CCCO)c1ccccc1. The summed E-state index contributed by atoms with van der Waals surface area (Å²) in [4.78, 5) is 0. The minimum absolute atomic E-state index is 0.129. The quantitative estimate of drug-likeness (QED) is 0.706. The highest BCUT2D eigenvalue weighted by atomic mass is 16.2. The van der Waals surface area contributed by atoms with Crippen molar-refractivity contribution < 1.29 is 5.11 Å². The molecule has 1 aromatic carbocycles. The molecule has 0 atom stereocenters. The summed E-state index contributed by atoms with van der Waals surface area (Å²) in [6.07, 6.45) is 0.552. The Morgan fingerprint density at radius 2 is 1.86 bits per heavy atom. The van der Waals surface area contributed by atoms with Crippen molar-refractivity contribution in [3.8, 4) is 11.8 Å². The Labute approximate surface area is 85.8 Å². The summed E-state index contributed by atoms with van der Waals surface area (Å²) in [6.45, 7) is 4.32. The van der Waals surface area contributed by atoms with Gasteiger partial charge < -0.3 is 5.11 Å². The Bertz CT molecular complexity index is 327. The van der Waals surface area contributed by atoms with E-state index in [1.54, 1.807) is 0 Å². The fourth-order valence-electron chi connectivity index (χ4n) is 1.27. The van der Waals surface area contributed by atoms with E-state index in [9.17, 15) is 0 Å². The van der Waals surface area contributed by atoms with Crippen LogP contribution in [-0.4, -0.2) is 11.7 Å². The van der Waals surface area contributed by atoms with E-state index in [1.807, 2.05) is 18.2 Å². The van der Waals surface area contributed by atoms with Crippen LogP contribution < -0.4 is 0 Å². The van der Waals surface area contributed by atoms with Gasteiger partial charge in [0, 0.05) is 6.42 Å². The van der Waals surface area contributed by atoms with Crippen molar-refractivity contribution in [2.75, 3.05) is 6.61 Å². The van der Waals surface area contributed by atoms with E-state index in [0.717, 1.165) is 0 Å². The number of aliphatic hydroxyl groups is 1. The summed E-state index contributed by atoms with van der Waals surface area (Å²) in [5, 5.41) is 8.63. The van der Waals surface area contributed by atoms with E-state index in [2.05, 4.69) is 37.8 Å². The molecule has 1 heteroatoms. The van der Waals surface area contributed by atoms with E-state index in [-0.39, 0.29) is 12.0 Å². The van der Waals surface area contributed by atoms with Gasteiger partial charge in [-0.3, -0.25) is 0 Å². The molecule has 0 fully saturated rings. The maximum Gasteiger partial charge on any atom is 0.0540 e. The van der Waals surface area contributed by atoms with Gasteiger partial charge in [-0.05, 0) is 19.4 Å². The van der Waals surface area contributed by atoms with Crippen LogP contribution in [0.5, 0.6) is 0 Å². The van der Waals surface area contributed by atoms with E-state index >= 15 is 0 Å². The average Bonchev–Trinajstić information content (AvgIpc) is 2.19. The summed E-state index contributed by atoms with van der Waals surface area (Å²) >= 11 is 0. The van der Waals surface area contributed by atoms with E-state index in [0.29, 0.717) is 6.42 Å². The zero-order valence-corrected chi connectivity index (χ0v) is 8.75. The monoisotopic (exact) mass is 188 g/mol. The third-order valence-electron chi connectivity index (χ3n) is 2.13. The van der Waals surface area contributed by atoms with Crippen molar-refractivity contribution in [3.63, 3.8) is 0 Å². The first-order valence-corrected chi connectivity index (χ1v) is 4.83. The van der Waals surface area contributed by atoms with Crippen molar-refractivity contribution in [1.82, 2.24) is 0 Å². The number of rotatable bonds is 2. The van der Waals surface area contributed by atoms with Crippen molar-refractivity contribution in [3.05, 3.63) is 35.9 Å². The van der Waals surface area contributed by atoms with Gasteiger partial charge in [-0.25, -0.2) is 0 Å². The van der Waals surface area contributed by atoms with Crippen LogP contribution in [0.2, 0.25) is 0 Å². The second-order valence-corrected chi connectivity index (χ2v) is 3.77. The molecule has 0 saturated carbocycles. The van der Waals surface area contributed by atoms with Gasteiger partial charge in [0.2, 0.25) is 0 Å². The van der Waals surface area contributed by atoms with Gasteiger partial charge in [0.25, 0.3) is 0 Å². The van der Waals surface area contributed by atoms with Crippen molar-refractivity contribution >= 4 is 0 Å². The van der Waals surface area contributed by atoms with Gasteiger partial charge in [0.1, 0.15) is 0 Å². The molecular weight excluding hydrogens is 172 g/mol. The third kappa shape index (κ3) is 2.90. The lowest BCUT2D eigenvalue weighted by Crippen LogP contribution is -2.13. The predicted octanol–water partition coefficient (Wildman–Crippen LogP) is 2.35. The summed E-state index contributed by atoms with van der Waals surface area (Å²) in [7, 11) is 0. The standard InChI is InChI=1S/C13H16O/c1-13(2,10-6-7-11-14)12-8-4-3-5-9-12/h3-5,8-9,14H,7,11H2,1-2H3. The molecule has 0 saturated heterocycles. The maximum atomic E-state index is 8.63. The Balaban J connectivity index is 2.82. The van der Waals surface area contributed by atoms with Crippen molar-refractivity contribution in [2.45, 2.75) is 25.7 Å². The van der Waals surface area contributed by atoms with Gasteiger partial charge in [0.15, 0.2) is 0 Å². The lowest BCUT2D eigenvalue weighted by Gasteiger charge is -2.17. The van der Waals surface area contributed by atoms with Gasteiger partial charge in [-0.15, -0.1) is 0 Å². The van der Waals surface area contributed by atoms with Gasteiger partial charge in [-0.2, -0.15) is 0 Å². The molecular formula is C13H16O. The fourth-order valence-corrected chi connectivity index (χ4v) is 1.27. The molecule has 0 bridgehead atoms. The number of aliphatic hydroxyl groups excluding tert-OH is 1. The van der Waals surface area contributed by atoms with Crippen LogP contribution in [0.1, 0.15) is 25.8 Å². The molecule has 1 N–H and O–H groups in total. The smallest absolute Gasteiger partial charge is 0.0540 e. The van der Waals surface area contributed by atoms with Crippen LogP contribution in [0.3, 0.4) is 0 Å². The topological polar surface area (TPSA) is 20.2 Å². The summed E-state index contributed by atoms with van der Waals surface area (Å²) in [6, 6.07) is 10.2. The first kappa shape index (κ1) is 10.8. The third-order valence-corrected chi connectivity index (χ3v) is 2.13. The lowest BCUT2D eigenvalue weighted by molar-refractivity contribution is 0.305. The Morgan fingerprint density at radius 1 is 1.21 bits per heavy atom. The molecule has 0 aromatic heterocycles. The largest absolute Gasteiger partial charge is 0.395 e. The van der Waals surface area contributed by atoms with Gasteiger partial charge in [-0.1, -0.05) is 42.2 Å². The minimum atomic E-state index is -0.129.